The summed E-state index contributed by atoms with van der Waals surface area (Å²) < 4.78 is 11.2. The number of rotatable bonds is 6. The summed E-state index contributed by atoms with van der Waals surface area (Å²) in [5.74, 6) is 1.64. The molecule has 1 unspecified atom stereocenters. The lowest BCUT2D eigenvalue weighted by molar-refractivity contribution is -0.384. The minimum absolute atomic E-state index is 0.0668. The van der Waals surface area contributed by atoms with E-state index in [1.165, 1.54) is 6.07 Å². The van der Waals surface area contributed by atoms with Gasteiger partial charge in [-0.05, 0) is 31.2 Å². The van der Waals surface area contributed by atoms with Crippen molar-refractivity contribution in [1.29, 1.82) is 5.26 Å². The van der Waals surface area contributed by atoms with Gasteiger partial charge in [0.1, 0.15) is 17.2 Å². The summed E-state index contributed by atoms with van der Waals surface area (Å²) in [6, 6.07) is 10.1. The molecule has 1 aliphatic heterocycles. The average Bonchev–Trinajstić information content (AvgIpc) is 3.09. The summed E-state index contributed by atoms with van der Waals surface area (Å²) in [7, 11) is 0. The van der Waals surface area contributed by atoms with E-state index in [-0.39, 0.29) is 17.3 Å². The van der Waals surface area contributed by atoms with E-state index >= 15 is 0 Å². The topological polar surface area (TPSA) is 105 Å². The average molecular weight is 356 g/mol. The molecule has 2 heterocycles. The highest BCUT2D eigenvalue weighted by Crippen LogP contribution is 2.29. The third-order valence-corrected chi connectivity index (χ3v) is 4.39. The number of nitrogens with one attached hydrogen (secondary N) is 1. The van der Waals surface area contributed by atoms with E-state index in [9.17, 15) is 10.1 Å². The number of nitro groups is 1. The number of nitrogens with zero attached hydrogens (tertiary/aromatic N) is 3. The fourth-order valence-electron chi connectivity index (χ4n) is 3.04. The van der Waals surface area contributed by atoms with Crippen LogP contribution in [0.2, 0.25) is 0 Å². The van der Waals surface area contributed by atoms with E-state index < -0.39 is 4.92 Å². The van der Waals surface area contributed by atoms with E-state index in [0.29, 0.717) is 25.4 Å². The second-order valence-electron chi connectivity index (χ2n) is 6.09. The van der Waals surface area contributed by atoms with Gasteiger partial charge in [0.15, 0.2) is 0 Å². The van der Waals surface area contributed by atoms with E-state index in [1.54, 1.807) is 12.1 Å². The lowest BCUT2D eigenvalue weighted by Crippen LogP contribution is -2.41. The van der Waals surface area contributed by atoms with Crippen LogP contribution in [0.5, 0.6) is 0 Å². The van der Waals surface area contributed by atoms with E-state index in [2.05, 4.69) is 10.2 Å². The molecule has 1 saturated heterocycles. The van der Waals surface area contributed by atoms with Gasteiger partial charge in [0, 0.05) is 25.7 Å². The molecule has 8 heteroatoms. The highest BCUT2D eigenvalue weighted by Gasteiger charge is 2.26. The molecule has 0 radical (unpaired) electrons. The van der Waals surface area contributed by atoms with Gasteiger partial charge in [0.25, 0.3) is 5.69 Å². The Morgan fingerprint density at radius 2 is 2.12 bits per heavy atom. The van der Waals surface area contributed by atoms with Gasteiger partial charge in [0.05, 0.1) is 35.8 Å². The molecule has 3 rings (SSSR count). The highest BCUT2D eigenvalue weighted by atomic mass is 16.6. The van der Waals surface area contributed by atoms with Crippen LogP contribution >= 0.6 is 0 Å². The fourth-order valence-corrected chi connectivity index (χ4v) is 3.04. The fraction of sp³-hybridized carbons (Fsp3) is 0.389. The second-order valence-corrected chi connectivity index (χ2v) is 6.09. The first kappa shape index (κ1) is 17.9. The SMILES string of the molecule is Cc1ccc(C(CNc2ccc(C#N)cc2[N+](=O)[O-])N2CCOCC2)o1. The maximum absolute atomic E-state index is 11.3. The van der Waals surface area contributed by atoms with E-state index in [0.717, 1.165) is 24.6 Å². The summed E-state index contributed by atoms with van der Waals surface area (Å²) in [4.78, 5) is 13.1. The normalized spacial score (nSPS) is 16.0. The van der Waals surface area contributed by atoms with Crippen molar-refractivity contribution in [2.45, 2.75) is 13.0 Å². The summed E-state index contributed by atoms with van der Waals surface area (Å²) in [6.45, 7) is 5.15. The van der Waals surface area contributed by atoms with Crippen LogP contribution in [0.1, 0.15) is 23.1 Å². The monoisotopic (exact) mass is 356 g/mol. The number of furan rings is 1. The molecular weight excluding hydrogens is 336 g/mol. The number of benzene rings is 1. The molecule has 1 aromatic heterocycles. The predicted octanol–water partition coefficient (Wildman–Crippen LogP) is 2.85. The summed E-state index contributed by atoms with van der Waals surface area (Å²) in [6.07, 6.45) is 0. The number of hydrogen-bond acceptors (Lipinski definition) is 7. The molecule has 1 N–H and O–H groups in total. The third kappa shape index (κ3) is 4.02. The quantitative estimate of drug-likeness (QED) is 0.627. The third-order valence-electron chi connectivity index (χ3n) is 4.39. The van der Waals surface area contributed by atoms with E-state index in [1.807, 2.05) is 25.1 Å². The number of nitro benzene ring substituents is 1. The lowest BCUT2D eigenvalue weighted by Gasteiger charge is -2.33. The van der Waals surface area contributed by atoms with Gasteiger partial charge in [0.2, 0.25) is 0 Å². The van der Waals surface area contributed by atoms with Crippen molar-refractivity contribution in [3.63, 3.8) is 0 Å². The van der Waals surface area contributed by atoms with Gasteiger partial charge in [-0.25, -0.2) is 0 Å². The summed E-state index contributed by atoms with van der Waals surface area (Å²) in [5.41, 5.74) is 0.532. The number of nitriles is 1. The molecule has 1 aliphatic rings. The van der Waals surface area contributed by atoms with Crippen LogP contribution < -0.4 is 5.32 Å². The van der Waals surface area contributed by atoms with Gasteiger partial charge in [-0.1, -0.05) is 0 Å². The molecule has 0 aliphatic carbocycles. The Bertz CT molecular complexity index is 821. The van der Waals surface area contributed by atoms with Crippen molar-refractivity contribution >= 4 is 11.4 Å². The van der Waals surface area contributed by atoms with Crippen molar-refractivity contribution < 1.29 is 14.1 Å². The summed E-state index contributed by atoms with van der Waals surface area (Å²) in [5, 5.41) is 23.4. The van der Waals surface area contributed by atoms with E-state index in [4.69, 9.17) is 14.4 Å². The van der Waals surface area contributed by atoms with Crippen molar-refractivity contribution in [1.82, 2.24) is 4.90 Å². The van der Waals surface area contributed by atoms with Crippen molar-refractivity contribution in [3.8, 4) is 6.07 Å². The first-order valence-electron chi connectivity index (χ1n) is 8.39. The number of anilines is 1. The molecule has 0 spiro atoms. The summed E-state index contributed by atoms with van der Waals surface area (Å²) >= 11 is 0. The Balaban J connectivity index is 1.82. The largest absolute Gasteiger partial charge is 0.465 e. The van der Waals surface area contributed by atoms with Crippen LogP contribution in [0.4, 0.5) is 11.4 Å². The number of aryl methyl sites for hydroxylation is 1. The molecule has 0 amide bonds. The molecule has 0 saturated carbocycles. The van der Waals surface area contributed by atoms with Crippen molar-refractivity contribution in [2.75, 3.05) is 38.2 Å². The molecule has 2 aromatic rings. The standard InChI is InChI=1S/C18H20N4O4/c1-13-2-5-18(26-13)17(21-6-8-25-9-7-21)12-20-15-4-3-14(11-19)10-16(15)22(23)24/h2-5,10,17,20H,6-9,12H2,1H3. The van der Waals surface area contributed by atoms with Gasteiger partial charge >= 0.3 is 0 Å². The zero-order valence-electron chi connectivity index (χ0n) is 14.5. The van der Waals surface area contributed by atoms with Gasteiger partial charge in [-0.3, -0.25) is 15.0 Å². The van der Waals surface area contributed by atoms with Gasteiger partial charge < -0.3 is 14.5 Å². The van der Waals surface area contributed by atoms with Crippen LogP contribution in [0.25, 0.3) is 0 Å². The first-order chi connectivity index (χ1) is 12.6. The Morgan fingerprint density at radius 1 is 1.35 bits per heavy atom. The lowest BCUT2D eigenvalue weighted by atomic mass is 10.1. The molecule has 1 fully saturated rings. The van der Waals surface area contributed by atoms with Gasteiger partial charge in [-0.2, -0.15) is 5.26 Å². The van der Waals surface area contributed by atoms with Crippen LogP contribution in [0.15, 0.2) is 34.7 Å². The van der Waals surface area contributed by atoms with Crippen molar-refractivity contribution in [2.24, 2.45) is 0 Å². The zero-order chi connectivity index (χ0) is 18.5. The maximum Gasteiger partial charge on any atom is 0.293 e. The Labute approximate surface area is 151 Å². The van der Waals surface area contributed by atoms with Crippen LogP contribution in [-0.2, 0) is 4.74 Å². The number of hydrogen-bond donors (Lipinski definition) is 1. The predicted molar refractivity (Wildman–Crippen MR) is 94.9 cm³/mol. The van der Waals surface area contributed by atoms with Crippen LogP contribution in [0.3, 0.4) is 0 Å². The highest BCUT2D eigenvalue weighted by molar-refractivity contribution is 5.64. The minimum Gasteiger partial charge on any atom is -0.465 e. The maximum atomic E-state index is 11.3. The molecule has 136 valence electrons. The molecule has 1 aromatic carbocycles. The molecule has 8 nitrogen and oxygen atoms in total. The minimum atomic E-state index is -0.482. The number of morpholine rings is 1. The first-order valence-corrected chi connectivity index (χ1v) is 8.39. The molecule has 26 heavy (non-hydrogen) atoms. The second kappa shape index (κ2) is 7.99. The smallest absolute Gasteiger partial charge is 0.293 e. The Morgan fingerprint density at radius 3 is 2.73 bits per heavy atom. The van der Waals surface area contributed by atoms with Crippen LogP contribution in [-0.4, -0.2) is 42.7 Å². The van der Waals surface area contributed by atoms with Crippen molar-refractivity contribution in [3.05, 3.63) is 57.5 Å². The zero-order valence-corrected chi connectivity index (χ0v) is 14.5. The van der Waals surface area contributed by atoms with Gasteiger partial charge in [-0.15, -0.1) is 0 Å². The van der Waals surface area contributed by atoms with Crippen LogP contribution in [0, 0.1) is 28.4 Å². The molecular formula is C18H20N4O4. The molecule has 0 bridgehead atoms. The number of ether oxygens (including phenoxy) is 1. The Kier molecular flexibility index (Phi) is 5.51. The Hall–Kier alpha value is -2.89. The molecule has 1 atom stereocenters.